The molecule has 1 rings (SSSR count). The zero-order valence-electron chi connectivity index (χ0n) is 11.6. The van der Waals surface area contributed by atoms with E-state index in [4.69, 9.17) is 5.11 Å². The number of amides is 1. The molecule has 1 atom stereocenters. The van der Waals surface area contributed by atoms with Gasteiger partial charge in [-0.3, -0.25) is 4.79 Å². The molecule has 1 aromatic rings. The van der Waals surface area contributed by atoms with E-state index in [-0.39, 0.29) is 17.5 Å². The maximum Gasteiger partial charge on any atom is 0.345 e. The number of thiophene rings is 1. The van der Waals surface area contributed by atoms with Gasteiger partial charge in [-0.05, 0) is 39.8 Å². The fourth-order valence-corrected chi connectivity index (χ4v) is 2.21. The van der Waals surface area contributed by atoms with E-state index in [1.165, 1.54) is 11.3 Å². The molecule has 1 amide bonds. The summed E-state index contributed by atoms with van der Waals surface area (Å²) in [6.07, 6.45) is 0. The summed E-state index contributed by atoms with van der Waals surface area (Å²) in [6, 6.07) is 3.01. The van der Waals surface area contributed by atoms with Crippen LogP contribution in [0.25, 0.3) is 0 Å². The summed E-state index contributed by atoms with van der Waals surface area (Å²) in [5, 5.41) is 14.8. The third-order valence-corrected chi connectivity index (χ3v) is 3.42. The van der Waals surface area contributed by atoms with Crippen LogP contribution in [0.4, 0.5) is 0 Å². The number of carboxylic acid groups (broad SMARTS) is 1. The van der Waals surface area contributed by atoms with Crippen molar-refractivity contribution in [2.24, 2.45) is 0 Å². The molecule has 0 aliphatic carbocycles. The van der Waals surface area contributed by atoms with E-state index in [2.05, 4.69) is 10.6 Å². The second-order valence-corrected chi connectivity index (χ2v) is 6.58. The molecule has 0 saturated carbocycles. The SMILES string of the molecule is CC(NCc1ccc(C(=O)O)s1)C(=O)NC(C)(C)C. The van der Waals surface area contributed by atoms with E-state index >= 15 is 0 Å². The molecule has 0 aromatic carbocycles. The van der Waals surface area contributed by atoms with Gasteiger partial charge in [0.2, 0.25) is 5.91 Å². The van der Waals surface area contributed by atoms with Crippen LogP contribution < -0.4 is 10.6 Å². The number of hydrogen-bond donors (Lipinski definition) is 3. The third kappa shape index (κ3) is 5.40. The molecule has 6 heteroatoms. The number of carboxylic acids is 1. The van der Waals surface area contributed by atoms with Gasteiger partial charge >= 0.3 is 5.97 Å². The fourth-order valence-electron chi connectivity index (χ4n) is 1.41. The van der Waals surface area contributed by atoms with Crippen LogP contribution in [0.15, 0.2) is 12.1 Å². The lowest BCUT2D eigenvalue weighted by Crippen LogP contribution is -2.49. The van der Waals surface area contributed by atoms with Gasteiger partial charge in [0.25, 0.3) is 0 Å². The van der Waals surface area contributed by atoms with Crippen molar-refractivity contribution < 1.29 is 14.7 Å². The molecule has 5 nitrogen and oxygen atoms in total. The Balaban J connectivity index is 2.47. The number of nitrogens with one attached hydrogen (secondary N) is 2. The predicted molar refractivity (Wildman–Crippen MR) is 75.5 cm³/mol. The van der Waals surface area contributed by atoms with E-state index in [0.717, 1.165) is 4.88 Å². The molecule has 0 bridgehead atoms. The largest absolute Gasteiger partial charge is 0.477 e. The van der Waals surface area contributed by atoms with E-state index in [9.17, 15) is 9.59 Å². The maximum absolute atomic E-state index is 11.8. The quantitative estimate of drug-likeness (QED) is 0.771. The zero-order chi connectivity index (χ0) is 14.6. The predicted octanol–water partition coefficient (Wildman–Crippen LogP) is 1.84. The lowest BCUT2D eigenvalue weighted by molar-refractivity contribution is -0.124. The summed E-state index contributed by atoms with van der Waals surface area (Å²) in [4.78, 5) is 23.8. The molecule has 1 heterocycles. The molecule has 0 saturated heterocycles. The van der Waals surface area contributed by atoms with Crippen molar-refractivity contribution in [1.29, 1.82) is 0 Å². The fraction of sp³-hybridized carbons (Fsp3) is 0.538. The maximum atomic E-state index is 11.8. The van der Waals surface area contributed by atoms with Crippen molar-refractivity contribution in [2.45, 2.75) is 45.8 Å². The first kappa shape index (κ1) is 15.7. The van der Waals surface area contributed by atoms with Gasteiger partial charge in [0.15, 0.2) is 0 Å². The number of carbonyl (C=O) groups excluding carboxylic acids is 1. The van der Waals surface area contributed by atoms with Crippen molar-refractivity contribution >= 4 is 23.2 Å². The highest BCUT2D eigenvalue weighted by Gasteiger charge is 2.19. The smallest absolute Gasteiger partial charge is 0.345 e. The minimum Gasteiger partial charge on any atom is -0.477 e. The summed E-state index contributed by atoms with van der Waals surface area (Å²) < 4.78 is 0. The van der Waals surface area contributed by atoms with Crippen LogP contribution >= 0.6 is 11.3 Å². The minimum atomic E-state index is -0.922. The van der Waals surface area contributed by atoms with Crippen LogP contribution in [0, 0.1) is 0 Å². The van der Waals surface area contributed by atoms with Crippen LogP contribution in [0.1, 0.15) is 42.2 Å². The molecule has 1 aromatic heterocycles. The van der Waals surface area contributed by atoms with Crippen LogP contribution in [0.2, 0.25) is 0 Å². The van der Waals surface area contributed by atoms with Gasteiger partial charge in [0, 0.05) is 17.0 Å². The number of hydrogen-bond acceptors (Lipinski definition) is 4. The highest BCUT2D eigenvalue weighted by molar-refractivity contribution is 7.13. The van der Waals surface area contributed by atoms with Gasteiger partial charge < -0.3 is 15.7 Å². The first-order valence-corrected chi connectivity index (χ1v) is 6.88. The topological polar surface area (TPSA) is 78.4 Å². The first-order valence-electron chi connectivity index (χ1n) is 6.06. The molecule has 0 aliphatic rings. The number of aromatic carboxylic acids is 1. The summed E-state index contributed by atoms with van der Waals surface area (Å²) in [5.74, 6) is -0.989. The molecule has 19 heavy (non-hydrogen) atoms. The van der Waals surface area contributed by atoms with Crippen molar-refractivity contribution in [3.63, 3.8) is 0 Å². The van der Waals surface area contributed by atoms with E-state index in [1.807, 2.05) is 20.8 Å². The second kappa shape index (κ2) is 6.16. The van der Waals surface area contributed by atoms with Crippen molar-refractivity contribution in [2.75, 3.05) is 0 Å². The molecule has 3 N–H and O–H groups in total. The Kier molecular flexibility index (Phi) is 5.08. The third-order valence-electron chi connectivity index (χ3n) is 2.35. The summed E-state index contributed by atoms with van der Waals surface area (Å²) >= 11 is 1.21. The number of carbonyl (C=O) groups is 2. The molecule has 0 aliphatic heterocycles. The molecular formula is C13H20N2O3S. The Morgan fingerprint density at radius 2 is 2.00 bits per heavy atom. The average Bonchev–Trinajstić information content (AvgIpc) is 2.72. The average molecular weight is 284 g/mol. The molecule has 106 valence electrons. The summed E-state index contributed by atoms with van der Waals surface area (Å²) in [6.45, 7) is 8.05. The van der Waals surface area contributed by atoms with Gasteiger partial charge in [-0.2, -0.15) is 0 Å². The van der Waals surface area contributed by atoms with Gasteiger partial charge in [0.05, 0.1) is 6.04 Å². The van der Waals surface area contributed by atoms with Gasteiger partial charge in [-0.1, -0.05) is 0 Å². The Labute approximate surface area is 117 Å². The molecule has 0 fully saturated rings. The summed E-state index contributed by atoms with van der Waals surface area (Å²) in [5.41, 5.74) is -0.258. The van der Waals surface area contributed by atoms with Crippen LogP contribution in [-0.2, 0) is 11.3 Å². The Bertz CT molecular complexity index is 463. The lowest BCUT2D eigenvalue weighted by Gasteiger charge is -2.23. The Morgan fingerprint density at radius 1 is 1.37 bits per heavy atom. The second-order valence-electron chi connectivity index (χ2n) is 5.41. The zero-order valence-corrected chi connectivity index (χ0v) is 12.4. The molecular weight excluding hydrogens is 264 g/mol. The Morgan fingerprint density at radius 3 is 2.47 bits per heavy atom. The van der Waals surface area contributed by atoms with Crippen LogP contribution in [0.3, 0.4) is 0 Å². The molecule has 0 spiro atoms. The normalized spacial score (nSPS) is 13.1. The highest BCUT2D eigenvalue weighted by Crippen LogP contribution is 2.16. The standard InChI is InChI=1S/C13H20N2O3S/c1-8(11(16)15-13(2,3)4)14-7-9-5-6-10(19-9)12(17)18/h5-6,8,14H,7H2,1-4H3,(H,15,16)(H,17,18). The number of rotatable bonds is 5. The van der Waals surface area contributed by atoms with Crippen molar-refractivity contribution in [3.8, 4) is 0 Å². The summed E-state index contributed by atoms with van der Waals surface area (Å²) in [7, 11) is 0. The monoisotopic (exact) mass is 284 g/mol. The van der Waals surface area contributed by atoms with Crippen molar-refractivity contribution in [1.82, 2.24) is 10.6 Å². The van der Waals surface area contributed by atoms with E-state index in [1.54, 1.807) is 19.1 Å². The highest BCUT2D eigenvalue weighted by atomic mass is 32.1. The van der Waals surface area contributed by atoms with Crippen LogP contribution in [-0.4, -0.2) is 28.6 Å². The first-order chi connectivity index (χ1) is 8.69. The van der Waals surface area contributed by atoms with Gasteiger partial charge in [-0.25, -0.2) is 4.79 Å². The van der Waals surface area contributed by atoms with Gasteiger partial charge in [0.1, 0.15) is 4.88 Å². The van der Waals surface area contributed by atoms with Crippen LogP contribution in [0.5, 0.6) is 0 Å². The molecule has 0 radical (unpaired) electrons. The lowest BCUT2D eigenvalue weighted by atomic mass is 10.1. The minimum absolute atomic E-state index is 0.0671. The van der Waals surface area contributed by atoms with Gasteiger partial charge in [-0.15, -0.1) is 11.3 Å². The van der Waals surface area contributed by atoms with Crippen molar-refractivity contribution in [3.05, 3.63) is 21.9 Å². The Hall–Kier alpha value is -1.40. The van der Waals surface area contributed by atoms with E-state index in [0.29, 0.717) is 11.4 Å². The van der Waals surface area contributed by atoms with E-state index < -0.39 is 5.97 Å². The molecule has 1 unspecified atom stereocenters.